The molecule has 3 rings (SSSR count). The zero-order valence-corrected chi connectivity index (χ0v) is 15.2. The summed E-state index contributed by atoms with van der Waals surface area (Å²) in [4.78, 5) is 16.4. The lowest BCUT2D eigenvalue weighted by molar-refractivity contribution is 0.102. The Morgan fingerprint density at radius 2 is 1.88 bits per heavy atom. The van der Waals surface area contributed by atoms with Crippen LogP contribution in [0.5, 0.6) is 0 Å². The van der Waals surface area contributed by atoms with Gasteiger partial charge in [0.2, 0.25) is 5.89 Å². The fraction of sp³-hybridized carbons (Fsp3) is 0.263. The number of carbonyl (C=O) groups excluding carboxylic acids is 1. The number of aromatic nitrogens is 3. The summed E-state index contributed by atoms with van der Waals surface area (Å²) in [7, 11) is 0. The first-order valence-electron chi connectivity index (χ1n) is 7.94. The van der Waals surface area contributed by atoms with Crippen LogP contribution in [-0.2, 0) is 5.41 Å². The van der Waals surface area contributed by atoms with E-state index in [1.54, 1.807) is 18.5 Å². The van der Waals surface area contributed by atoms with E-state index in [1.807, 2.05) is 30.3 Å². The zero-order chi connectivity index (χ0) is 17.9. The number of carbonyl (C=O) groups is 1. The first-order chi connectivity index (χ1) is 11.9. The van der Waals surface area contributed by atoms with E-state index < -0.39 is 0 Å². The van der Waals surface area contributed by atoms with Crippen LogP contribution < -0.4 is 0 Å². The minimum Gasteiger partial charge on any atom is -0.411 e. The van der Waals surface area contributed by atoms with Gasteiger partial charge in [-0.1, -0.05) is 56.8 Å². The van der Waals surface area contributed by atoms with Crippen molar-refractivity contribution in [2.45, 2.75) is 31.4 Å². The Bertz CT molecular complexity index is 852. The van der Waals surface area contributed by atoms with Crippen LogP contribution in [0.25, 0.3) is 11.5 Å². The average molecular weight is 353 g/mol. The van der Waals surface area contributed by atoms with Crippen LogP contribution in [0.2, 0.25) is 0 Å². The third kappa shape index (κ3) is 4.33. The summed E-state index contributed by atoms with van der Waals surface area (Å²) in [6.07, 6.45) is 3.34. The highest BCUT2D eigenvalue weighted by Crippen LogP contribution is 2.25. The smallest absolute Gasteiger partial charge is 0.277 e. The van der Waals surface area contributed by atoms with Crippen molar-refractivity contribution in [1.82, 2.24) is 15.2 Å². The van der Waals surface area contributed by atoms with E-state index in [4.69, 9.17) is 4.42 Å². The summed E-state index contributed by atoms with van der Waals surface area (Å²) < 4.78 is 5.57. The molecule has 0 aliphatic heterocycles. The molecule has 2 heterocycles. The molecule has 0 saturated heterocycles. The Kier molecular flexibility index (Phi) is 4.99. The summed E-state index contributed by atoms with van der Waals surface area (Å²) in [5.74, 6) is 0.688. The maximum atomic E-state index is 12.3. The number of Topliss-reactive ketones (excluding diaryl/α,β-unsaturated/α-hetero) is 1. The second kappa shape index (κ2) is 7.19. The quantitative estimate of drug-likeness (QED) is 0.500. The number of rotatable bonds is 5. The summed E-state index contributed by atoms with van der Waals surface area (Å²) in [5, 5.41) is 8.33. The summed E-state index contributed by atoms with van der Waals surface area (Å²) in [6.45, 7) is 6.44. The maximum absolute atomic E-state index is 12.3. The maximum Gasteiger partial charge on any atom is 0.277 e. The molecule has 0 unspecified atom stereocenters. The van der Waals surface area contributed by atoms with Gasteiger partial charge in [0, 0.05) is 18.0 Å². The minimum atomic E-state index is 0.0339. The molecule has 0 spiro atoms. The Hall–Kier alpha value is -2.47. The third-order valence-electron chi connectivity index (χ3n) is 3.71. The molecule has 128 valence electrons. The molecule has 0 bridgehead atoms. The fourth-order valence-electron chi connectivity index (χ4n) is 2.24. The number of nitrogens with zero attached hydrogens (tertiary/aromatic N) is 3. The van der Waals surface area contributed by atoms with Crippen molar-refractivity contribution >= 4 is 17.5 Å². The molecule has 0 N–H and O–H groups in total. The zero-order valence-electron chi connectivity index (χ0n) is 14.4. The van der Waals surface area contributed by atoms with Crippen LogP contribution in [0.1, 0.15) is 36.7 Å². The van der Waals surface area contributed by atoms with E-state index in [-0.39, 0.29) is 17.0 Å². The molecule has 0 aliphatic carbocycles. The molecule has 1 aromatic carbocycles. The lowest BCUT2D eigenvalue weighted by Crippen LogP contribution is -2.11. The summed E-state index contributed by atoms with van der Waals surface area (Å²) >= 11 is 1.24. The van der Waals surface area contributed by atoms with Crippen LogP contribution in [0.4, 0.5) is 0 Å². The Morgan fingerprint density at radius 3 is 2.52 bits per heavy atom. The predicted molar refractivity (Wildman–Crippen MR) is 97.7 cm³/mol. The summed E-state index contributed by atoms with van der Waals surface area (Å²) in [5.41, 5.74) is 2.72. The van der Waals surface area contributed by atoms with Crippen LogP contribution in [0.15, 0.2) is 58.4 Å². The second-order valence-corrected chi connectivity index (χ2v) is 7.58. The highest BCUT2D eigenvalue weighted by atomic mass is 32.2. The molecule has 0 radical (unpaired) electrons. The van der Waals surface area contributed by atoms with E-state index in [0.717, 1.165) is 5.56 Å². The van der Waals surface area contributed by atoms with Gasteiger partial charge < -0.3 is 4.42 Å². The van der Waals surface area contributed by atoms with Crippen LogP contribution >= 0.6 is 11.8 Å². The topological polar surface area (TPSA) is 68.9 Å². The molecule has 2 aromatic heterocycles. The lowest BCUT2D eigenvalue weighted by atomic mass is 9.86. The monoisotopic (exact) mass is 353 g/mol. The number of hydrogen-bond donors (Lipinski definition) is 0. The van der Waals surface area contributed by atoms with Crippen molar-refractivity contribution < 1.29 is 9.21 Å². The van der Waals surface area contributed by atoms with Gasteiger partial charge in [0.1, 0.15) is 0 Å². The number of ketones is 1. The molecular formula is C19H19N3O2S. The Balaban J connectivity index is 1.62. The molecule has 5 nitrogen and oxygen atoms in total. The molecule has 0 atom stereocenters. The van der Waals surface area contributed by atoms with E-state index in [0.29, 0.717) is 16.7 Å². The molecule has 25 heavy (non-hydrogen) atoms. The third-order valence-corrected chi connectivity index (χ3v) is 4.53. The lowest BCUT2D eigenvalue weighted by Gasteiger charge is -2.18. The SMILES string of the molecule is CC(C)(C)c1ccc(C(=O)CSc2nnc(-c3cccnc3)o2)cc1. The molecule has 0 amide bonds. The fourth-order valence-corrected chi connectivity index (χ4v) is 2.90. The minimum absolute atomic E-state index is 0.0339. The van der Waals surface area contributed by atoms with Crippen molar-refractivity contribution in [1.29, 1.82) is 0 Å². The van der Waals surface area contributed by atoms with Crippen molar-refractivity contribution in [3.63, 3.8) is 0 Å². The van der Waals surface area contributed by atoms with Crippen molar-refractivity contribution in [2.24, 2.45) is 0 Å². The molecule has 0 saturated carbocycles. The Morgan fingerprint density at radius 1 is 1.12 bits per heavy atom. The second-order valence-electron chi connectivity index (χ2n) is 6.65. The normalized spacial score (nSPS) is 11.5. The highest BCUT2D eigenvalue weighted by molar-refractivity contribution is 7.99. The van der Waals surface area contributed by atoms with Crippen LogP contribution in [-0.4, -0.2) is 26.7 Å². The van der Waals surface area contributed by atoms with Gasteiger partial charge in [0.25, 0.3) is 5.22 Å². The first-order valence-corrected chi connectivity index (χ1v) is 8.92. The first kappa shape index (κ1) is 17.4. The van der Waals surface area contributed by atoms with Gasteiger partial charge in [-0.05, 0) is 23.1 Å². The number of hydrogen-bond acceptors (Lipinski definition) is 6. The molecular weight excluding hydrogens is 334 g/mol. The van der Waals surface area contributed by atoms with E-state index in [9.17, 15) is 4.79 Å². The molecule has 0 fully saturated rings. The number of benzene rings is 1. The highest BCUT2D eigenvalue weighted by Gasteiger charge is 2.15. The van der Waals surface area contributed by atoms with Gasteiger partial charge in [-0.15, -0.1) is 10.2 Å². The molecule has 3 aromatic rings. The number of thioether (sulfide) groups is 1. The average Bonchev–Trinajstić information content (AvgIpc) is 3.09. The van der Waals surface area contributed by atoms with Gasteiger partial charge in [-0.25, -0.2) is 0 Å². The van der Waals surface area contributed by atoms with Crippen LogP contribution in [0, 0.1) is 0 Å². The van der Waals surface area contributed by atoms with Gasteiger partial charge in [-0.2, -0.15) is 0 Å². The molecule has 0 aliphatic rings. The Labute approximate surface area is 150 Å². The van der Waals surface area contributed by atoms with Gasteiger partial charge in [0.15, 0.2) is 5.78 Å². The predicted octanol–water partition coefficient (Wildman–Crippen LogP) is 4.40. The van der Waals surface area contributed by atoms with E-state index in [2.05, 4.69) is 36.0 Å². The summed E-state index contributed by atoms with van der Waals surface area (Å²) in [6, 6.07) is 11.4. The molecule has 6 heteroatoms. The van der Waals surface area contributed by atoms with Crippen molar-refractivity contribution in [2.75, 3.05) is 5.75 Å². The van der Waals surface area contributed by atoms with E-state index in [1.165, 1.54) is 17.3 Å². The van der Waals surface area contributed by atoms with Crippen LogP contribution in [0.3, 0.4) is 0 Å². The van der Waals surface area contributed by atoms with Crippen molar-refractivity contribution in [3.8, 4) is 11.5 Å². The van der Waals surface area contributed by atoms with E-state index >= 15 is 0 Å². The largest absolute Gasteiger partial charge is 0.411 e. The van der Waals surface area contributed by atoms with Gasteiger partial charge >= 0.3 is 0 Å². The van der Waals surface area contributed by atoms with Gasteiger partial charge in [0.05, 0.1) is 11.3 Å². The standard InChI is InChI=1S/C19H19N3O2S/c1-19(2,3)15-8-6-13(7-9-15)16(23)12-25-18-22-21-17(24-18)14-5-4-10-20-11-14/h4-11H,12H2,1-3H3. The number of pyridine rings is 1. The van der Waals surface area contributed by atoms with Crippen molar-refractivity contribution in [3.05, 3.63) is 59.9 Å². The van der Waals surface area contributed by atoms with Gasteiger partial charge in [-0.3, -0.25) is 9.78 Å².